The number of unbranched alkanes of at least 4 members (excludes halogenated alkanes) is 2. The van der Waals surface area contributed by atoms with E-state index >= 15 is 0 Å². The molecule has 186 valence electrons. The Labute approximate surface area is 220 Å². The molecule has 3 heteroatoms. The van der Waals surface area contributed by atoms with Crippen LogP contribution in [-0.2, 0) is 5.41 Å². The lowest BCUT2D eigenvalue weighted by atomic mass is 9.65. The lowest BCUT2D eigenvalue weighted by molar-refractivity contribution is 0.266. The molecule has 0 radical (unpaired) electrons. The number of fused-ring (bicyclic) bond motifs is 3. The molecule has 3 aromatic heterocycles. The topological polar surface area (TPSA) is 0 Å². The van der Waals surface area contributed by atoms with Gasteiger partial charge >= 0.3 is 0 Å². The Balaban J connectivity index is 1.84. The Morgan fingerprint density at radius 3 is 1.79 bits per heavy atom. The molecule has 1 aliphatic carbocycles. The summed E-state index contributed by atoms with van der Waals surface area (Å²) in [6.45, 7) is 14.1. The van der Waals surface area contributed by atoms with Crippen molar-refractivity contribution >= 4 is 34.0 Å². The van der Waals surface area contributed by atoms with Crippen molar-refractivity contribution in [2.75, 3.05) is 0 Å². The van der Waals surface area contributed by atoms with Crippen molar-refractivity contribution in [2.45, 2.75) is 111 Å². The van der Waals surface area contributed by atoms with Crippen molar-refractivity contribution in [3.63, 3.8) is 0 Å². The molecular weight excluding hydrogens is 469 g/mol. The van der Waals surface area contributed by atoms with Crippen molar-refractivity contribution < 1.29 is 0 Å². The van der Waals surface area contributed by atoms with Gasteiger partial charge in [0.15, 0.2) is 0 Å². The SMILES string of the molecule is CCCCC(CC)CC1(CC(CC)CCCC)c2cc(C)sc2-c2sc(-c3ccc(C)s3)cc21. The number of rotatable bonds is 13. The van der Waals surface area contributed by atoms with Gasteiger partial charge in [-0.1, -0.05) is 79.1 Å². The summed E-state index contributed by atoms with van der Waals surface area (Å²) in [5.41, 5.74) is 3.58. The van der Waals surface area contributed by atoms with Gasteiger partial charge in [-0.25, -0.2) is 0 Å². The van der Waals surface area contributed by atoms with Crippen molar-refractivity contribution in [1.29, 1.82) is 0 Å². The number of thiophene rings is 3. The average molecular weight is 513 g/mol. The van der Waals surface area contributed by atoms with Crippen LogP contribution in [-0.4, -0.2) is 0 Å². The van der Waals surface area contributed by atoms with Gasteiger partial charge in [-0.2, -0.15) is 0 Å². The van der Waals surface area contributed by atoms with Gasteiger partial charge in [0, 0.05) is 34.7 Å². The van der Waals surface area contributed by atoms with E-state index in [1.165, 1.54) is 83.7 Å². The van der Waals surface area contributed by atoms with Gasteiger partial charge in [-0.05, 0) is 73.9 Å². The molecule has 0 saturated heterocycles. The monoisotopic (exact) mass is 512 g/mol. The van der Waals surface area contributed by atoms with E-state index in [0.717, 1.165) is 11.8 Å². The standard InChI is InChI=1S/C31H44S3/c1-7-11-13-23(9-3)19-31(20-24(10-4)14-12-8-2)25-17-22(6)33-29(25)30-26(31)18-28(34-30)27-16-15-21(5)32-27/h15-18,23-24H,7-14,19-20H2,1-6H3. The minimum atomic E-state index is 0.208. The molecule has 2 unspecified atom stereocenters. The highest BCUT2D eigenvalue weighted by atomic mass is 32.1. The van der Waals surface area contributed by atoms with Gasteiger partial charge in [0.25, 0.3) is 0 Å². The van der Waals surface area contributed by atoms with Gasteiger partial charge < -0.3 is 0 Å². The first kappa shape index (κ1) is 26.2. The molecule has 0 saturated carbocycles. The Morgan fingerprint density at radius 1 is 0.676 bits per heavy atom. The van der Waals surface area contributed by atoms with E-state index in [1.54, 1.807) is 20.9 Å². The zero-order valence-electron chi connectivity index (χ0n) is 22.3. The van der Waals surface area contributed by atoms with Crippen LogP contribution in [0.25, 0.3) is 19.5 Å². The molecule has 0 aliphatic heterocycles. The first-order valence-corrected chi connectivity index (χ1v) is 16.2. The van der Waals surface area contributed by atoms with E-state index in [0.29, 0.717) is 0 Å². The van der Waals surface area contributed by atoms with Crippen LogP contribution in [0.15, 0.2) is 24.3 Å². The minimum absolute atomic E-state index is 0.208. The van der Waals surface area contributed by atoms with Crippen LogP contribution in [0.5, 0.6) is 0 Å². The highest BCUT2D eigenvalue weighted by molar-refractivity contribution is 7.26. The molecule has 0 bridgehead atoms. The number of hydrogen-bond donors (Lipinski definition) is 0. The molecule has 0 amide bonds. The Hall–Kier alpha value is -0.900. The van der Waals surface area contributed by atoms with E-state index in [1.807, 2.05) is 11.3 Å². The van der Waals surface area contributed by atoms with Crippen LogP contribution in [0, 0.1) is 25.7 Å². The first-order valence-electron chi connectivity index (χ1n) is 13.8. The van der Waals surface area contributed by atoms with E-state index in [9.17, 15) is 0 Å². The van der Waals surface area contributed by atoms with Crippen molar-refractivity contribution in [3.05, 3.63) is 45.1 Å². The first-order chi connectivity index (χ1) is 16.4. The fourth-order valence-corrected chi connectivity index (χ4v) is 9.66. The van der Waals surface area contributed by atoms with Gasteiger partial charge in [0.1, 0.15) is 0 Å². The molecule has 0 nitrogen and oxygen atoms in total. The maximum Gasteiger partial charge on any atom is 0.0493 e. The van der Waals surface area contributed by atoms with Crippen LogP contribution >= 0.6 is 34.0 Å². The molecule has 0 N–H and O–H groups in total. The van der Waals surface area contributed by atoms with Crippen LogP contribution in [0.1, 0.15) is 113 Å². The van der Waals surface area contributed by atoms with Crippen LogP contribution in [0.2, 0.25) is 0 Å². The summed E-state index contributed by atoms with van der Waals surface area (Å²) in [4.78, 5) is 9.06. The second-order valence-corrected chi connectivity index (χ2v) is 14.3. The summed E-state index contributed by atoms with van der Waals surface area (Å²) in [6, 6.07) is 9.84. The third-order valence-electron chi connectivity index (χ3n) is 8.17. The molecule has 34 heavy (non-hydrogen) atoms. The van der Waals surface area contributed by atoms with Crippen LogP contribution in [0.3, 0.4) is 0 Å². The van der Waals surface area contributed by atoms with Crippen LogP contribution in [0.4, 0.5) is 0 Å². The fraction of sp³-hybridized carbons (Fsp3) is 0.613. The van der Waals surface area contributed by atoms with E-state index < -0.39 is 0 Å². The van der Waals surface area contributed by atoms with Crippen molar-refractivity contribution in [3.8, 4) is 19.5 Å². The average Bonchev–Trinajstić information content (AvgIpc) is 3.58. The molecule has 1 aliphatic rings. The summed E-state index contributed by atoms with van der Waals surface area (Å²) >= 11 is 6.08. The number of aryl methyl sites for hydroxylation is 2. The predicted octanol–water partition coefficient (Wildman–Crippen LogP) is 11.6. The third-order valence-corrected chi connectivity index (χ3v) is 11.7. The van der Waals surface area contributed by atoms with E-state index in [-0.39, 0.29) is 5.41 Å². The molecule has 2 atom stereocenters. The molecule has 3 aromatic rings. The molecule has 0 fully saturated rings. The quantitative estimate of drug-likeness (QED) is 0.213. The zero-order chi connectivity index (χ0) is 24.3. The smallest absolute Gasteiger partial charge is 0.0493 e. The summed E-state index contributed by atoms with van der Waals surface area (Å²) in [6.07, 6.45) is 13.4. The molecule has 0 spiro atoms. The molecule has 4 rings (SSSR count). The maximum atomic E-state index is 2.63. The maximum absolute atomic E-state index is 2.63. The van der Waals surface area contributed by atoms with Gasteiger partial charge in [0.05, 0.1) is 0 Å². The summed E-state index contributed by atoms with van der Waals surface area (Å²) in [5, 5.41) is 0. The zero-order valence-corrected chi connectivity index (χ0v) is 24.7. The van der Waals surface area contributed by atoms with E-state index in [4.69, 9.17) is 0 Å². The Morgan fingerprint density at radius 2 is 1.26 bits per heavy atom. The molecular formula is C31H44S3. The second kappa shape index (κ2) is 11.4. The third kappa shape index (κ3) is 5.13. The predicted molar refractivity (Wildman–Crippen MR) is 157 cm³/mol. The molecule has 3 heterocycles. The Kier molecular flexibility index (Phi) is 8.80. The highest BCUT2D eigenvalue weighted by Crippen LogP contribution is 2.62. The summed E-state index contributed by atoms with van der Waals surface area (Å²) < 4.78 is 0. The normalized spacial score (nSPS) is 18.8. The fourth-order valence-electron chi connectivity index (χ4n) is 6.18. The molecule has 0 aromatic carbocycles. The van der Waals surface area contributed by atoms with Crippen LogP contribution < -0.4 is 0 Å². The van der Waals surface area contributed by atoms with Crippen molar-refractivity contribution in [2.24, 2.45) is 11.8 Å². The largest absolute Gasteiger partial charge is 0.140 e. The second-order valence-electron chi connectivity index (χ2n) is 10.7. The Bertz CT molecular complexity index is 1040. The van der Waals surface area contributed by atoms with Gasteiger partial charge in [-0.15, -0.1) is 34.0 Å². The van der Waals surface area contributed by atoms with Gasteiger partial charge in [0.2, 0.25) is 0 Å². The summed E-state index contributed by atoms with van der Waals surface area (Å²) in [7, 11) is 0. The highest BCUT2D eigenvalue weighted by Gasteiger charge is 2.47. The summed E-state index contributed by atoms with van der Waals surface area (Å²) in [5.74, 6) is 1.63. The minimum Gasteiger partial charge on any atom is -0.140 e. The number of hydrogen-bond acceptors (Lipinski definition) is 3. The lowest BCUT2D eigenvalue weighted by Crippen LogP contribution is -2.31. The van der Waals surface area contributed by atoms with Crippen molar-refractivity contribution in [1.82, 2.24) is 0 Å². The van der Waals surface area contributed by atoms with Gasteiger partial charge in [-0.3, -0.25) is 0 Å². The lowest BCUT2D eigenvalue weighted by Gasteiger charge is -2.37. The van der Waals surface area contributed by atoms with E-state index in [2.05, 4.69) is 88.5 Å².